The maximum atomic E-state index is 11.8. The van der Waals surface area contributed by atoms with Gasteiger partial charge in [0.05, 0.1) is 6.04 Å². The number of esters is 1. The molecule has 1 heterocycles. The Bertz CT molecular complexity index is 723. The molecular formula is C18H20ClNO4S. The molecule has 0 unspecified atom stereocenters. The van der Waals surface area contributed by atoms with Crippen molar-refractivity contribution in [1.29, 1.82) is 0 Å². The maximum absolute atomic E-state index is 11.8. The minimum Gasteiger partial charge on any atom is -0.481 e. The Morgan fingerprint density at radius 1 is 1.24 bits per heavy atom. The third kappa shape index (κ3) is 5.76. The van der Waals surface area contributed by atoms with Crippen molar-refractivity contribution < 1.29 is 19.1 Å². The second kappa shape index (κ2) is 8.87. The molecule has 134 valence electrons. The molecule has 0 radical (unpaired) electrons. The van der Waals surface area contributed by atoms with E-state index in [0.29, 0.717) is 10.8 Å². The molecule has 1 aromatic heterocycles. The summed E-state index contributed by atoms with van der Waals surface area (Å²) in [6, 6.07) is 7.25. The van der Waals surface area contributed by atoms with Crippen LogP contribution in [-0.2, 0) is 14.3 Å². The van der Waals surface area contributed by atoms with Crippen molar-refractivity contribution in [3.05, 3.63) is 50.7 Å². The summed E-state index contributed by atoms with van der Waals surface area (Å²) in [7, 11) is 0. The molecule has 0 fully saturated rings. The first-order chi connectivity index (χ1) is 11.9. The van der Waals surface area contributed by atoms with Crippen molar-refractivity contribution in [2.75, 3.05) is 13.2 Å². The molecule has 1 amide bonds. The molecule has 0 bridgehead atoms. The smallest absolute Gasteiger partial charge is 0.344 e. The summed E-state index contributed by atoms with van der Waals surface area (Å²) in [5, 5.41) is 5.33. The highest BCUT2D eigenvalue weighted by molar-refractivity contribution is 7.10. The van der Waals surface area contributed by atoms with Gasteiger partial charge in [-0.1, -0.05) is 17.7 Å². The van der Waals surface area contributed by atoms with Crippen molar-refractivity contribution in [3.8, 4) is 5.75 Å². The lowest BCUT2D eigenvalue weighted by molar-refractivity contribution is -0.150. The van der Waals surface area contributed by atoms with Gasteiger partial charge < -0.3 is 14.8 Å². The predicted octanol–water partition coefficient (Wildman–Crippen LogP) is 3.82. The molecule has 0 aliphatic heterocycles. The highest BCUT2D eigenvalue weighted by Gasteiger charge is 2.14. The average Bonchev–Trinajstić information content (AvgIpc) is 3.06. The van der Waals surface area contributed by atoms with Gasteiger partial charge in [0.15, 0.2) is 13.2 Å². The monoisotopic (exact) mass is 381 g/mol. The Morgan fingerprint density at radius 2 is 1.92 bits per heavy atom. The van der Waals surface area contributed by atoms with E-state index in [4.69, 9.17) is 21.1 Å². The summed E-state index contributed by atoms with van der Waals surface area (Å²) in [5.41, 5.74) is 1.67. The number of hydrogen-bond acceptors (Lipinski definition) is 5. The molecule has 1 aromatic carbocycles. The van der Waals surface area contributed by atoms with Gasteiger partial charge in [0.2, 0.25) is 0 Å². The van der Waals surface area contributed by atoms with Crippen LogP contribution in [-0.4, -0.2) is 25.1 Å². The molecule has 2 rings (SSSR count). The molecule has 25 heavy (non-hydrogen) atoms. The van der Waals surface area contributed by atoms with Gasteiger partial charge in [0, 0.05) is 9.90 Å². The summed E-state index contributed by atoms with van der Waals surface area (Å²) in [6.07, 6.45) is 0. The Labute approximate surface area is 155 Å². The van der Waals surface area contributed by atoms with Crippen molar-refractivity contribution in [2.24, 2.45) is 0 Å². The summed E-state index contributed by atoms with van der Waals surface area (Å²) in [5.74, 6) is -0.363. The van der Waals surface area contributed by atoms with Gasteiger partial charge in [0.25, 0.3) is 5.91 Å². The van der Waals surface area contributed by atoms with E-state index in [1.807, 2.05) is 38.3 Å². The van der Waals surface area contributed by atoms with E-state index in [-0.39, 0.29) is 25.2 Å². The summed E-state index contributed by atoms with van der Waals surface area (Å²) >= 11 is 7.51. The van der Waals surface area contributed by atoms with Crippen LogP contribution in [0.2, 0.25) is 5.02 Å². The SMILES string of the molecule is Cc1cc(Cl)cc(C)c1OCC(=O)OCC(=O)N[C@@H](C)c1cccs1. The zero-order valence-electron chi connectivity index (χ0n) is 14.3. The van der Waals surface area contributed by atoms with Crippen LogP contribution in [0.25, 0.3) is 0 Å². The van der Waals surface area contributed by atoms with Gasteiger partial charge in [-0.15, -0.1) is 11.3 Å². The fraction of sp³-hybridized carbons (Fsp3) is 0.333. The minimum absolute atomic E-state index is 0.123. The molecule has 0 aliphatic carbocycles. The highest BCUT2D eigenvalue weighted by Crippen LogP contribution is 2.27. The van der Waals surface area contributed by atoms with Crippen LogP contribution in [0, 0.1) is 13.8 Å². The number of halogens is 1. The normalized spacial score (nSPS) is 11.7. The van der Waals surface area contributed by atoms with Crippen LogP contribution in [0.1, 0.15) is 29.0 Å². The van der Waals surface area contributed by atoms with Crippen molar-refractivity contribution >= 4 is 34.8 Å². The topological polar surface area (TPSA) is 64.6 Å². The summed E-state index contributed by atoms with van der Waals surface area (Å²) in [4.78, 5) is 24.6. The van der Waals surface area contributed by atoms with Crippen molar-refractivity contribution in [1.82, 2.24) is 5.32 Å². The Hall–Kier alpha value is -2.05. The van der Waals surface area contributed by atoms with Gasteiger partial charge in [-0.3, -0.25) is 4.79 Å². The zero-order chi connectivity index (χ0) is 18.4. The quantitative estimate of drug-likeness (QED) is 0.740. The number of hydrogen-bond donors (Lipinski definition) is 1. The fourth-order valence-electron chi connectivity index (χ4n) is 2.34. The number of aryl methyl sites for hydroxylation is 2. The largest absolute Gasteiger partial charge is 0.481 e. The molecular weight excluding hydrogens is 362 g/mol. The van der Waals surface area contributed by atoms with Gasteiger partial charge in [-0.05, 0) is 55.5 Å². The van der Waals surface area contributed by atoms with Crippen molar-refractivity contribution in [2.45, 2.75) is 26.8 Å². The molecule has 1 atom stereocenters. The predicted molar refractivity (Wildman–Crippen MR) is 98.3 cm³/mol. The molecule has 0 saturated carbocycles. The number of thiophene rings is 1. The Morgan fingerprint density at radius 3 is 2.52 bits per heavy atom. The van der Waals surface area contributed by atoms with Crippen LogP contribution in [0.5, 0.6) is 5.75 Å². The van der Waals surface area contributed by atoms with Crippen molar-refractivity contribution in [3.63, 3.8) is 0 Å². The number of nitrogens with one attached hydrogen (secondary N) is 1. The maximum Gasteiger partial charge on any atom is 0.344 e. The minimum atomic E-state index is -0.604. The number of benzene rings is 1. The van der Waals surface area contributed by atoms with E-state index in [1.165, 1.54) is 0 Å². The average molecular weight is 382 g/mol. The first kappa shape index (κ1) is 19.3. The Kier molecular flexibility index (Phi) is 6.84. The van der Waals surface area contributed by atoms with E-state index in [9.17, 15) is 9.59 Å². The van der Waals surface area contributed by atoms with Crippen LogP contribution < -0.4 is 10.1 Å². The molecule has 0 spiro atoms. The van der Waals surface area contributed by atoms with Crippen LogP contribution in [0.3, 0.4) is 0 Å². The summed E-state index contributed by atoms with van der Waals surface area (Å²) < 4.78 is 10.4. The third-order valence-electron chi connectivity index (χ3n) is 3.47. The number of amides is 1. The van der Waals surface area contributed by atoms with E-state index < -0.39 is 5.97 Å². The van der Waals surface area contributed by atoms with Gasteiger partial charge in [0.1, 0.15) is 5.75 Å². The number of carbonyl (C=O) groups excluding carboxylic acids is 2. The van der Waals surface area contributed by atoms with Crippen LogP contribution in [0.15, 0.2) is 29.6 Å². The van der Waals surface area contributed by atoms with E-state index in [1.54, 1.807) is 23.5 Å². The summed E-state index contributed by atoms with van der Waals surface area (Å²) in [6.45, 7) is 4.96. The lowest BCUT2D eigenvalue weighted by Gasteiger charge is -2.14. The van der Waals surface area contributed by atoms with E-state index >= 15 is 0 Å². The number of ether oxygens (including phenoxy) is 2. The fourth-order valence-corrected chi connectivity index (χ4v) is 3.40. The number of carbonyl (C=O) groups is 2. The van der Waals surface area contributed by atoms with Gasteiger partial charge in [-0.25, -0.2) is 4.79 Å². The van der Waals surface area contributed by atoms with E-state index in [0.717, 1.165) is 16.0 Å². The second-order valence-electron chi connectivity index (χ2n) is 5.62. The molecule has 1 N–H and O–H groups in total. The standard InChI is InChI=1S/C18H20ClNO4S/c1-11-7-14(19)8-12(2)18(11)24-10-17(22)23-9-16(21)20-13(3)15-5-4-6-25-15/h4-8,13H,9-10H2,1-3H3,(H,20,21)/t13-/m0/s1. The van der Waals surface area contributed by atoms with Crippen LogP contribution >= 0.6 is 22.9 Å². The third-order valence-corrected chi connectivity index (χ3v) is 4.74. The highest BCUT2D eigenvalue weighted by atomic mass is 35.5. The number of rotatable bonds is 7. The zero-order valence-corrected chi connectivity index (χ0v) is 15.9. The van der Waals surface area contributed by atoms with Gasteiger partial charge in [-0.2, -0.15) is 0 Å². The van der Waals surface area contributed by atoms with E-state index in [2.05, 4.69) is 5.32 Å². The molecule has 2 aromatic rings. The lowest BCUT2D eigenvalue weighted by atomic mass is 10.1. The lowest BCUT2D eigenvalue weighted by Crippen LogP contribution is -2.31. The first-order valence-corrected chi connectivity index (χ1v) is 9.00. The van der Waals surface area contributed by atoms with Gasteiger partial charge >= 0.3 is 5.97 Å². The van der Waals surface area contributed by atoms with Crippen LogP contribution in [0.4, 0.5) is 0 Å². The first-order valence-electron chi connectivity index (χ1n) is 7.74. The molecule has 0 aliphatic rings. The molecule has 5 nitrogen and oxygen atoms in total. The Balaban J connectivity index is 1.76. The molecule has 0 saturated heterocycles. The molecule has 7 heteroatoms. The second-order valence-corrected chi connectivity index (χ2v) is 7.04.